The maximum absolute atomic E-state index is 11.3. The van der Waals surface area contributed by atoms with Gasteiger partial charge < -0.3 is 9.84 Å². The molecule has 2 atom stereocenters. The maximum atomic E-state index is 11.3. The van der Waals surface area contributed by atoms with Gasteiger partial charge in [0.1, 0.15) is 16.1 Å². The average Bonchev–Trinajstić information content (AvgIpc) is 2.62. The zero-order valence-electron chi connectivity index (χ0n) is 14.1. The Hall–Kier alpha value is -1.36. The van der Waals surface area contributed by atoms with Crippen molar-refractivity contribution in [1.29, 1.82) is 0 Å². The van der Waals surface area contributed by atoms with Crippen molar-refractivity contribution in [2.45, 2.75) is 48.1 Å². The predicted molar refractivity (Wildman–Crippen MR) is 101 cm³/mol. The SMILES string of the molecule is C[C@]12N=C(NC(=O)O)C3(CCC3)S(O)(O)[C@H]1CCOc1ncc(Br)cc12. The largest absolute Gasteiger partial charge is 0.477 e. The number of ether oxygens (including phenoxy) is 1. The molecule has 1 aromatic heterocycles. The molecule has 0 bridgehead atoms. The van der Waals surface area contributed by atoms with Crippen molar-refractivity contribution in [3.63, 3.8) is 0 Å². The highest BCUT2D eigenvalue weighted by atomic mass is 79.9. The quantitative estimate of drug-likeness (QED) is 0.483. The summed E-state index contributed by atoms with van der Waals surface area (Å²) in [4.78, 5) is 20.4. The molecule has 0 aromatic carbocycles. The zero-order valence-corrected chi connectivity index (χ0v) is 16.5. The molecule has 142 valence electrons. The molecule has 3 aliphatic rings. The monoisotopic (exact) mass is 445 g/mol. The van der Waals surface area contributed by atoms with E-state index >= 15 is 0 Å². The number of pyridine rings is 1. The molecule has 0 saturated heterocycles. The van der Waals surface area contributed by atoms with Crippen LogP contribution in [0, 0.1) is 0 Å². The predicted octanol–water partition coefficient (Wildman–Crippen LogP) is 3.56. The van der Waals surface area contributed by atoms with Crippen molar-refractivity contribution in [1.82, 2.24) is 10.3 Å². The van der Waals surface area contributed by atoms with Crippen LogP contribution in [0.15, 0.2) is 21.7 Å². The van der Waals surface area contributed by atoms with Gasteiger partial charge in [-0.15, -0.1) is 0 Å². The third kappa shape index (κ3) is 2.32. The third-order valence-electron chi connectivity index (χ3n) is 5.74. The summed E-state index contributed by atoms with van der Waals surface area (Å²) in [6, 6.07) is 1.80. The van der Waals surface area contributed by atoms with E-state index in [4.69, 9.17) is 9.73 Å². The summed E-state index contributed by atoms with van der Waals surface area (Å²) < 4.78 is 28.1. The molecule has 2 aliphatic heterocycles. The topological polar surface area (TPSA) is 124 Å². The first-order chi connectivity index (χ1) is 12.2. The summed E-state index contributed by atoms with van der Waals surface area (Å²) in [6.45, 7) is 2.09. The Kier molecular flexibility index (Phi) is 4.03. The zero-order chi connectivity index (χ0) is 18.7. The second-order valence-electron chi connectivity index (χ2n) is 7.11. The van der Waals surface area contributed by atoms with Gasteiger partial charge in [0.2, 0.25) is 5.88 Å². The fourth-order valence-electron chi connectivity index (χ4n) is 4.27. The van der Waals surface area contributed by atoms with E-state index in [0.717, 1.165) is 6.42 Å². The Morgan fingerprint density at radius 3 is 2.81 bits per heavy atom. The third-order valence-corrected chi connectivity index (χ3v) is 9.42. The number of nitrogens with one attached hydrogen (secondary N) is 1. The van der Waals surface area contributed by atoms with E-state index < -0.39 is 32.2 Å². The highest BCUT2D eigenvalue weighted by Gasteiger charge is 2.64. The molecule has 1 spiro atoms. The van der Waals surface area contributed by atoms with E-state index in [0.29, 0.717) is 41.8 Å². The lowest BCUT2D eigenvalue weighted by Crippen LogP contribution is -2.64. The standard InChI is InChI=1S/C16H20BrN3O5S/c1-15-10-7-9(17)8-18-12(10)25-6-3-11(15)26(23,24)16(4-2-5-16)13(20-15)19-14(21)22/h7-8,11,23-24H,2-6H2,1H3,(H,19,20)(H,21,22)/t11-,15+/m0/s1. The molecular formula is C16H20BrN3O5S. The lowest BCUT2D eigenvalue weighted by molar-refractivity contribution is 0.198. The molecule has 1 fully saturated rings. The van der Waals surface area contributed by atoms with Crippen LogP contribution in [0.3, 0.4) is 0 Å². The number of nitrogens with zero attached hydrogens (tertiary/aromatic N) is 2. The van der Waals surface area contributed by atoms with Crippen molar-refractivity contribution in [3.05, 3.63) is 22.3 Å². The molecule has 3 heterocycles. The van der Waals surface area contributed by atoms with Gasteiger partial charge in [-0.1, -0.05) is 0 Å². The smallest absolute Gasteiger partial charge is 0.410 e. The number of rotatable bonds is 0. The number of hydrogen-bond donors (Lipinski definition) is 4. The van der Waals surface area contributed by atoms with Crippen LogP contribution in [0.1, 0.15) is 38.2 Å². The van der Waals surface area contributed by atoms with Gasteiger partial charge >= 0.3 is 6.09 Å². The first-order valence-electron chi connectivity index (χ1n) is 8.36. The van der Waals surface area contributed by atoms with Crippen LogP contribution < -0.4 is 10.1 Å². The number of carboxylic acid groups (broad SMARTS) is 1. The van der Waals surface area contributed by atoms with E-state index in [1.54, 1.807) is 19.2 Å². The van der Waals surface area contributed by atoms with E-state index in [2.05, 4.69) is 26.2 Å². The molecule has 26 heavy (non-hydrogen) atoms. The summed E-state index contributed by atoms with van der Waals surface area (Å²) in [7, 11) is -3.20. The molecule has 0 unspecified atom stereocenters. The van der Waals surface area contributed by atoms with Crippen LogP contribution in [0.5, 0.6) is 5.88 Å². The Labute approximate surface area is 160 Å². The number of aromatic nitrogens is 1. The number of amides is 1. The number of fused-ring (bicyclic) bond motifs is 3. The van der Waals surface area contributed by atoms with Crippen molar-refractivity contribution >= 4 is 38.4 Å². The van der Waals surface area contributed by atoms with E-state index in [9.17, 15) is 19.0 Å². The number of halogens is 1. The Morgan fingerprint density at radius 1 is 1.46 bits per heavy atom. The molecule has 10 heteroatoms. The van der Waals surface area contributed by atoms with E-state index in [1.165, 1.54) is 0 Å². The first-order valence-corrected chi connectivity index (χ1v) is 10.8. The van der Waals surface area contributed by atoms with Crippen molar-refractivity contribution < 1.29 is 23.7 Å². The minimum Gasteiger partial charge on any atom is -0.477 e. The van der Waals surface area contributed by atoms with E-state index in [1.807, 2.05) is 0 Å². The van der Waals surface area contributed by atoms with Crippen LogP contribution in [0.4, 0.5) is 4.79 Å². The Balaban J connectivity index is 1.97. The molecule has 4 rings (SSSR count). The maximum Gasteiger partial charge on any atom is 0.410 e. The molecule has 1 amide bonds. The minimum atomic E-state index is -3.20. The molecule has 0 radical (unpaired) electrons. The second-order valence-corrected chi connectivity index (χ2v) is 10.6. The van der Waals surface area contributed by atoms with Crippen LogP contribution in [0.25, 0.3) is 0 Å². The van der Waals surface area contributed by atoms with Crippen LogP contribution in [0.2, 0.25) is 0 Å². The molecule has 8 nitrogen and oxygen atoms in total. The van der Waals surface area contributed by atoms with Gasteiger partial charge in [-0.2, -0.15) is 10.6 Å². The van der Waals surface area contributed by atoms with E-state index in [-0.39, 0.29) is 5.84 Å². The van der Waals surface area contributed by atoms with Gasteiger partial charge in [0.25, 0.3) is 0 Å². The molecule has 1 aliphatic carbocycles. The van der Waals surface area contributed by atoms with Crippen molar-refractivity contribution in [2.24, 2.45) is 4.99 Å². The molecule has 1 saturated carbocycles. The molecular weight excluding hydrogens is 426 g/mol. The Bertz CT molecular complexity index is 813. The summed E-state index contributed by atoms with van der Waals surface area (Å²) in [5.74, 6) is 0.527. The summed E-state index contributed by atoms with van der Waals surface area (Å²) >= 11 is 3.39. The number of hydrogen-bond acceptors (Lipinski definition) is 6. The van der Waals surface area contributed by atoms with Crippen molar-refractivity contribution in [2.75, 3.05) is 6.61 Å². The summed E-state index contributed by atoms with van der Waals surface area (Å²) in [5.41, 5.74) is -0.437. The fraction of sp³-hybridized carbons (Fsp3) is 0.562. The normalized spacial score (nSPS) is 32.0. The first kappa shape index (κ1) is 18.0. The summed E-state index contributed by atoms with van der Waals surface area (Å²) in [6.07, 6.45) is 2.57. The van der Waals surface area contributed by atoms with Crippen LogP contribution in [-0.2, 0) is 5.54 Å². The van der Waals surface area contributed by atoms with Gasteiger partial charge in [-0.25, -0.2) is 9.78 Å². The number of aliphatic imine (C=N–C) groups is 1. The lowest BCUT2D eigenvalue weighted by Gasteiger charge is -2.64. The highest BCUT2D eigenvalue weighted by Crippen LogP contribution is 2.71. The van der Waals surface area contributed by atoms with Gasteiger partial charge in [-0.05, 0) is 48.2 Å². The average molecular weight is 446 g/mol. The summed E-state index contributed by atoms with van der Waals surface area (Å²) in [5, 5.41) is 11.0. The van der Waals surface area contributed by atoms with Gasteiger partial charge in [0, 0.05) is 22.7 Å². The van der Waals surface area contributed by atoms with Gasteiger partial charge in [-0.3, -0.25) is 19.4 Å². The van der Waals surface area contributed by atoms with Crippen LogP contribution in [-0.4, -0.2) is 47.7 Å². The van der Waals surface area contributed by atoms with Crippen LogP contribution >= 0.6 is 26.5 Å². The fourth-order valence-corrected chi connectivity index (χ4v) is 7.66. The number of amidine groups is 1. The van der Waals surface area contributed by atoms with Gasteiger partial charge in [0.05, 0.1) is 11.9 Å². The molecule has 4 N–H and O–H groups in total. The minimum absolute atomic E-state index is 0.142. The lowest BCUT2D eigenvalue weighted by atomic mass is 9.81. The Morgan fingerprint density at radius 2 is 2.19 bits per heavy atom. The van der Waals surface area contributed by atoms with Gasteiger partial charge in [0.15, 0.2) is 0 Å². The second kappa shape index (κ2) is 5.82. The van der Waals surface area contributed by atoms with Crippen molar-refractivity contribution in [3.8, 4) is 5.88 Å². The molecule has 1 aromatic rings. The number of carbonyl (C=O) groups is 1. The highest BCUT2D eigenvalue weighted by molar-refractivity contribution is 9.10.